The smallest absolute Gasteiger partial charge is 0.325 e. The van der Waals surface area contributed by atoms with Gasteiger partial charge in [0, 0.05) is 5.69 Å². The molecule has 0 saturated heterocycles. The number of carbonyl (C=O) groups excluding carboxylic acids is 1. The van der Waals surface area contributed by atoms with Crippen LogP contribution in [0.2, 0.25) is 5.02 Å². The van der Waals surface area contributed by atoms with Crippen molar-refractivity contribution in [2.45, 2.75) is 23.5 Å². The molecule has 0 aliphatic heterocycles. The van der Waals surface area contributed by atoms with E-state index in [0.29, 0.717) is 11.6 Å². The van der Waals surface area contributed by atoms with Gasteiger partial charge in [-0.3, -0.25) is 4.79 Å². The lowest BCUT2D eigenvalue weighted by Crippen LogP contribution is -2.45. The standard InChI is InChI=1S/C22H17ClF4N2O3S/c23-19-11-8-16(13-18(19)22(25,26)27)28-21(30)20(12-14-4-2-1-3-5-14)29-33(31,32)17-9-6-15(24)7-10-17/h1-11,13,20,29H,12H2,(H,28,30)/t20-/m1/s1. The highest BCUT2D eigenvalue weighted by Gasteiger charge is 2.34. The molecule has 0 spiro atoms. The van der Waals surface area contributed by atoms with E-state index in [-0.39, 0.29) is 17.0 Å². The molecule has 3 rings (SSSR count). The lowest BCUT2D eigenvalue weighted by molar-refractivity contribution is -0.137. The van der Waals surface area contributed by atoms with Crippen molar-refractivity contribution in [1.29, 1.82) is 0 Å². The maximum absolute atomic E-state index is 13.2. The largest absolute Gasteiger partial charge is 0.417 e. The van der Waals surface area contributed by atoms with Crippen molar-refractivity contribution in [2.24, 2.45) is 0 Å². The molecule has 1 atom stereocenters. The van der Waals surface area contributed by atoms with Crippen molar-refractivity contribution in [2.75, 3.05) is 5.32 Å². The fourth-order valence-corrected chi connectivity index (χ4v) is 4.38. The Labute approximate surface area is 192 Å². The first-order valence-electron chi connectivity index (χ1n) is 9.45. The summed E-state index contributed by atoms with van der Waals surface area (Å²) in [5.74, 6) is -1.53. The number of sulfonamides is 1. The van der Waals surface area contributed by atoms with Crippen molar-refractivity contribution in [3.05, 3.63) is 94.8 Å². The van der Waals surface area contributed by atoms with Crippen molar-refractivity contribution in [3.63, 3.8) is 0 Å². The first-order valence-corrected chi connectivity index (χ1v) is 11.3. The summed E-state index contributed by atoms with van der Waals surface area (Å²) in [5, 5.41) is 1.76. The number of hydrogen-bond donors (Lipinski definition) is 2. The first-order chi connectivity index (χ1) is 15.5. The van der Waals surface area contributed by atoms with Gasteiger partial charge in [-0.25, -0.2) is 12.8 Å². The Bertz CT molecular complexity index is 1230. The van der Waals surface area contributed by atoms with Gasteiger partial charge in [0.1, 0.15) is 11.9 Å². The number of rotatable bonds is 7. The Kier molecular flexibility index (Phi) is 7.41. The van der Waals surface area contributed by atoms with Crippen LogP contribution in [0.15, 0.2) is 77.7 Å². The average Bonchev–Trinajstić information content (AvgIpc) is 2.74. The molecule has 0 aliphatic rings. The molecular formula is C22H17ClF4N2O3S. The Balaban J connectivity index is 1.89. The van der Waals surface area contributed by atoms with E-state index >= 15 is 0 Å². The summed E-state index contributed by atoms with van der Waals surface area (Å²) in [6, 6.07) is 13.8. The average molecular weight is 501 g/mol. The molecule has 3 aromatic rings. The molecule has 11 heteroatoms. The third-order valence-electron chi connectivity index (χ3n) is 4.56. The number of carbonyl (C=O) groups is 1. The minimum atomic E-state index is -4.74. The van der Waals surface area contributed by atoms with Gasteiger partial charge in [0.05, 0.1) is 15.5 Å². The number of benzene rings is 3. The minimum absolute atomic E-state index is 0.0905. The number of alkyl halides is 3. The monoisotopic (exact) mass is 500 g/mol. The molecule has 5 nitrogen and oxygen atoms in total. The molecule has 0 radical (unpaired) electrons. The van der Waals surface area contributed by atoms with Crippen LogP contribution in [0.4, 0.5) is 23.2 Å². The number of hydrogen-bond acceptors (Lipinski definition) is 3. The lowest BCUT2D eigenvalue weighted by atomic mass is 10.1. The predicted molar refractivity (Wildman–Crippen MR) is 116 cm³/mol. The number of anilines is 1. The van der Waals surface area contributed by atoms with Crippen LogP contribution in [0.5, 0.6) is 0 Å². The molecule has 0 saturated carbocycles. The maximum Gasteiger partial charge on any atom is 0.417 e. The first kappa shape index (κ1) is 24.7. The van der Waals surface area contributed by atoms with Crippen LogP contribution in [-0.2, 0) is 27.4 Å². The highest BCUT2D eigenvalue weighted by atomic mass is 35.5. The van der Waals surface area contributed by atoms with Crippen LogP contribution < -0.4 is 10.0 Å². The third-order valence-corrected chi connectivity index (χ3v) is 6.38. The zero-order valence-corrected chi connectivity index (χ0v) is 18.3. The van der Waals surface area contributed by atoms with E-state index < -0.39 is 44.6 Å². The maximum atomic E-state index is 13.2. The summed E-state index contributed by atoms with van der Waals surface area (Å²) in [6.45, 7) is 0. The molecule has 33 heavy (non-hydrogen) atoms. The Morgan fingerprint density at radius 1 is 0.970 bits per heavy atom. The second-order valence-electron chi connectivity index (χ2n) is 7.00. The third kappa shape index (κ3) is 6.53. The lowest BCUT2D eigenvalue weighted by Gasteiger charge is -2.19. The summed E-state index contributed by atoms with van der Waals surface area (Å²) in [7, 11) is -4.25. The van der Waals surface area contributed by atoms with E-state index in [2.05, 4.69) is 10.0 Å². The molecule has 0 aromatic heterocycles. The van der Waals surface area contributed by atoms with Crippen LogP contribution in [0.1, 0.15) is 11.1 Å². The van der Waals surface area contributed by atoms with Crippen molar-refractivity contribution < 1.29 is 30.8 Å². The quantitative estimate of drug-likeness (QED) is 0.447. The molecule has 0 fully saturated rings. The SMILES string of the molecule is O=C(Nc1ccc(Cl)c(C(F)(F)F)c1)[C@@H](Cc1ccccc1)NS(=O)(=O)c1ccc(F)cc1. The van der Waals surface area contributed by atoms with Gasteiger partial charge < -0.3 is 5.32 Å². The van der Waals surface area contributed by atoms with Crippen LogP contribution in [0.25, 0.3) is 0 Å². The molecule has 174 valence electrons. The predicted octanol–water partition coefficient (Wildman–Crippen LogP) is 5.03. The number of nitrogens with one attached hydrogen (secondary N) is 2. The van der Waals surface area contributed by atoms with Gasteiger partial charge in [0.25, 0.3) is 0 Å². The van der Waals surface area contributed by atoms with Gasteiger partial charge in [-0.05, 0) is 54.4 Å². The van der Waals surface area contributed by atoms with Crippen LogP contribution in [0.3, 0.4) is 0 Å². The van der Waals surface area contributed by atoms with Gasteiger partial charge in [0.2, 0.25) is 15.9 Å². The van der Waals surface area contributed by atoms with Crippen LogP contribution in [0, 0.1) is 5.82 Å². The molecule has 3 aromatic carbocycles. The van der Waals surface area contributed by atoms with Crippen molar-refractivity contribution in [1.82, 2.24) is 4.72 Å². The Morgan fingerprint density at radius 2 is 1.61 bits per heavy atom. The van der Waals surface area contributed by atoms with Crippen LogP contribution >= 0.6 is 11.6 Å². The summed E-state index contributed by atoms with van der Waals surface area (Å²) < 4.78 is 80.3. The Morgan fingerprint density at radius 3 is 2.21 bits per heavy atom. The Hall–Kier alpha value is -2.95. The fraction of sp³-hybridized carbons (Fsp3) is 0.136. The molecule has 2 N–H and O–H groups in total. The zero-order chi connectivity index (χ0) is 24.2. The van der Waals surface area contributed by atoms with Gasteiger partial charge in [-0.15, -0.1) is 0 Å². The molecule has 0 heterocycles. The van der Waals surface area contributed by atoms with E-state index in [9.17, 15) is 30.8 Å². The van der Waals surface area contributed by atoms with Gasteiger partial charge in [-0.2, -0.15) is 17.9 Å². The fourth-order valence-electron chi connectivity index (χ4n) is 2.96. The van der Waals surface area contributed by atoms with Gasteiger partial charge >= 0.3 is 6.18 Å². The van der Waals surface area contributed by atoms with Gasteiger partial charge in [0.15, 0.2) is 0 Å². The molecule has 1 amide bonds. The number of halogens is 5. The normalized spacial score (nSPS) is 12.9. The van der Waals surface area contributed by atoms with Crippen LogP contribution in [-0.4, -0.2) is 20.4 Å². The van der Waals surface area contributed by atoms with Crippen molar-refractivity contribution in [3.8, 4) is 0 Å². The molecule has 0 unspecified atom stereocenters. The van der Waals surface area contributed by atoms with Crippen molar-refractivity contribution >= 4 is 33.2 Å². The topological polar surface area (TPSA) is 75.3 Å². The highest BCUT2D eigenvalue weighted by Crippen LogP contribution is 2.36. The second-order valence-corrected chi connectivity index (χ2v) is 9.12. The van der Waals surface area contributed by atoms with E-state index in [1.54, 1.807) is 30.3 Å². The summed E-state index contributed by atoms with van der Waals surface area (Å²) in [5.41, 5.74) is -0.754. The highest BCUT2D eigenvalue weighted by molar-refractivity contribution is 7.89. The van der Waals surface area contributed by atoms with Gasteiger partial charge in [-0.1, -0.05) is 41.9 Å². The minimum Gasteiger partial charge on any atom is -0.325 e. The number of amides is 1. The summed E-state index contributed by atoms with van der Waals surface area (Å²) >= 11 is 5.60. The summed E-state index contributed by atoms with van der Waals surface area (Å²) in [4.78, 5) is 12.6. The van der Waals surface area contributed by atoms with E-state index in [4.69, 9.17) is 11.6 Å². The van der Waals surface area contributed by atoms with E-state index in [1.165, 1.54) is 6.07 Å². The van der Waals surface area contributed by atoms with E-state index in [0.717, 1.165) is 30.3 Å². The second kappa shape index (κ2) is 9.90. The molecule has 0 bridgehead atoms. The summed E-state index contributed by atoms with van der Waals surface area (Å²) in [6.07, 6.45) is -4.84. The molecule has 0 aliphatic carbocycles. The van der Waals surface area contributed by atoms with E-state index in [1.807, 2.05) is 0 Å². The zero-order valence-electron chi connectivity index (χ0n) is 16.7. The molecular weight excluding hydrogens is 484 g/mol.